The second-order valence-corrected chi connectivity index (χ2v) is 10.0. The third-order valence-corrected chi connectivity index (χ3v) is 5.59. The number of nitrogens with one attached hydrogen (secondary N) is 1. The van der Waals surface area contributed by atoms with Gasteiger partial charge in [0.2, 0.25) is 0 Å². The maximum absolute atomic E-state index is 12.4. The van der Waals surface area contributed by atoms with Crippen LogP contribution in [0.25, 0.3) is 10.4 Å². The maximum atomic E-state index is 12.4. The minimum absolute atomic E-state index is 0.118. The Hall–Kier alpha value is -1.42. The van der Waals surface area contributed by atoms with E-state index < -0.39 is 5.60 Å². The zero-order chi connectivity index (χ0) is 17.1. The van der Waals surface area contributed by atoms with Crippen LogP contribution in [0, 0.1) is 10.8 Å². The number of hydrogen-bond donors (Lipinski definition) is 1. The Kier molecular flexibility index (Phi) is 3.26. The summed E-state index contributed by atoms with van der Waals surface area (Å²) in [5.74, 6) is 0. The second-order valence-electron chi connectivity index (χ2n) is 10.0. The summed E-state index contributed by atoms with van der Waals surface area (Å²) >= 11 is 0. The molecule has 0 heterocycles. The van der Waals surface area contributed by atoms with Crippen LogP contribution in [0.1, 0.15) is 73.1 Å². The monoisotopic (exact) mass is 320 g/mol. The predicted molar refractivity (Wildman–Crippen MR) is 87.9 cm³/mol. The lowest BCUT2D eigenvalue weighted by atomic mass is 9.40. The van der Waals surface area contributed by atoms with Crippen molar-refractivity contribution >= 4 is 6.09 Å². The number of azide groups is 1. The Balaban J connectivity index is 1.90. The largest absolute Gasteiger partial charge is 0.444 e. The summed E-state index contributed by atoms with van der Waals surface area (Å²) < 4.78 is 5.48. The van der Waals surface area contributed by atoms with Crippen molar-refractivity contribution < 1.29 is 9.53 Å². The molecule has 6 heteroatoms. The zero-order valence-electron chi connectivity index (χ0n) is 14.9. The third-order valence-electron chi connectivity index (χ3n) is 5.59. The van der Waals surface area contributed by atoms with E-state index in [1.54, 1.807) is 0 Å². The highest BCUT2D eigenvalue weighted by Crippen LogP contribution is 2.68. The van der Waals surface area contributed by atoms with Crippen LogP contribution in [-0.4, -0.2) is 22.8 Å². The maximum Gasteiger partial charge on any atom is 0.408 e. The first-order valence-corrected chi connectivity index (χ1v) is 8.48. The number of carbonyl (C=O) groups is 1. The van der Waals surface area contributed by atoms with Crippen LogP contribution in [0.3, 0.4) is 0 Å². The number of amides is 1. The molecule has 6 nitrogen and oxygen atoms in total. The van der Waals surface area contributed by atoms with Crippen LogP contribution in [0.4, 0.5) is 4.79 Å². The Bertz CT molecular complexity index is 570. The molecule has 0 radical (unpaired) electrons. The summed E-state index contributed by atoms with van der Waals surface area (Å²) in [7, 11) is 0. The standard InChI is InChI=1S/C17H28N4O2/c1-13(2,3)23-12(22)19-16-7-14(4)6-15(5,8-16)10-17(9-14,11-16)20-21-18/h6-11H2,1-5H3,(H,19,22). The molecule has 2 unspecified atom stereocenters. The quantitative estimate of drug-likeness (QED) is 0.454. The molecular formula is C17H28N4O2. The molecule has 0 saturated heterocycles. The van der Waals surface area contributed by atoms with Crippen molar-refractivity contribution in [1.29, 1.82) is 0 Å². The normalized spacial score (nSPS) is 44.6. The number of carbonyl (C=O) groups excluding carboxylic acids is 1. The van der Waals surface area contributed by atoms with E-state index >= 15 is 0 Å². The first kappa shape index (κ1) is 16.4. The average Bonchev–Trinajstić information content (AvgIpc) is 2.17. The highest BCUT2D eigenvalue weighted by Gasteiger charge is 2.66. The van der Waals surface area contributed by atoms with E-state index in [4.69, 9.17) is 10.3 Å². The lowest BCUT2D eigenvalue weighted by molar-refractivity contribution is -0.127. The Morgan fingerprint density at radius 1 is 1.09 bits per heavy atom. The van der Waals surface area contributed by atoms with Gasteiger partial charge in [-0.2, -0.15) is 0 Å². The lowest BCUT2D eigenvalue weighted by Gasteiger charge is -2.68. The van der Waals surface area contributed by atoms with Gasteiger partial charge in [-0.1, -0.05) is 19.0 Å². The number of ether oxygens (including phenoxy) is 1. The summed E-state index contributed by atoms with van der Waals surface area (Å²) in [6.45, 7) is 10.2. The Labute approximate surface area is 138 Å². The highest BCUT2D eigenvalue weighted by molar-refractivity contribution is 5.69. The zero-order valence-corrected chi connectivity index (χ0v) is 14.9. The van der Waals surface area contributed by atoms with E-state index in [0.29, 0.717) is 0 Å². The Morgan fingerprint density at radius 2 is 1.65 bits per heavy atom. The molecule has 128 valence electrons. The van der Waals surface area contributed by atoms with Gasteiger partial charge in [0.05, 0.1) is 5.54 Å². The van der Waals surface area contributed by atoms with E-state index in [-0.39, 0.29) is 28.0 Å². The molecule has 0 aliphatic heterocycles. The van der Waals surface area contributed by atoms with Crippen LogP contribution in [0.5, 0.6) is 0 Å². The highest BCUT2D eigenvalue weighted by atomic mass is 16.6. The van der Waals surface area contributed by atoms with Crippen molar-refractivity contribution in [3.63, 3.8) is 0 Å². The molecular weight excluding hydrogens is 292 g/mol. The van der Waals surface area contributed by atoms with Crippen LogP contribution in [0.15, 0.2) is 5.11 Å². The van der Waals surface area contributed by atoms with E-state index in [1.165, 1.54) is 0 Å². The van der Waals surface area contributed by atoms with Crippen LogP contribution >= 0.6 is 0 Å². The first-order chi connectivity index (χ1) is 10.4. The lowest BCUT2D eigenvalue weighted by Crippen LogP contribution is -2.70. The van der Waals surface area contributed by atoms with E-state index in [2.05, 4.69) is 29.2 Å². The van der Waals surface area contributed by atoms with Gasteiger partial charge in [0, 0.05) is 10.5 Å². The van der Waals surface area contributed by atoms with Crippen molar-refractivity contribution in [1.82, 2.24) is 5.32 Å². The number of hydrogen-bond acceptors (Lipinski definition) is 3. The first-order valence-electron chi connectivity index (χ1n) is 8.48. The summed E-state index contributed by atoms with van der Waals surface area (Å²) in [4.78, 5) is 15.5. The molecule has 23 heavy (non-hydrogen) atoms. The predicted octanol–water partition coefficient (Wildman–Crippen LogP) is 4.69. The molecule has 2 atom stereocenters. The second kappa shape index (κ2) is 4.56. The van der Waals surface area contributed by atoms with Crippen molar-refractivity contribution in [3.8, 4) is 0 Å². The fourth-order valence-electron chi connectivity index (χ4n) is 6.49. The van der Waals surface area contributed by atoms with Gasteiger partial charge in [-0.15, -0.1) is 0 Å². The number of rotatable bonds is 2. The number of alkyl carbamates (subject to hydrolysis) is 1. The van der Waals surface area contributed by atoms with Crippen molar-refractivity contribution in [2.24, 2.45) is 15.9 Å². The van der Waals surface area contributed by atoms with Gasteiger partial charge in [0.15, 0.2) is 0 Å². The van der Waals surface area contributed by atoms with Crippen LogP contribution in [-0.2, 0) is 4.74 Å². The van der Waals surface area contributed by atoms with Crippen molar-refractivity contribution in [2.45, 2.75) is 89.8 Å². The molecule has 1 N–H and O–H groups in total. The summed E-state index contributed by atoms with van der Waals surface area (Å²) in [6.07, 6.45) is 5.25. The van der Waals surface area contributed by atoms with Crippen molar-refractivity contribution in [3.05, 3.63) is 10.4 Å². The molecule has 0 aromatic heterocycles. The van der Waals surface area contributed by atoms with Gasteiger partial charge in [-0.25, -0.2) is 4.79 Å². The van der Waals surface area contributed by atoms with Crippen LogP contribution < -0.4 is 5.32 Å². The van der Waals surface area contributed by atoms with Gasteiger partial charge >= 0.3 is 6.09 Å². The van der Waals surface area contributed by atoms with Gasteiger partial charge < -0.3 is 10.1 Å². The molecule has 4 fully saturated rings. The topological polar surface area (TPSA) is 87.1 Å². The fraction of sp³-hybridized carbons (Fsp3) is 0.941. The van der Waals surface area contributed by atoms with Crippen LogP contribution in [0.2, 0.25) is 0 Å². The molecule has 0 aromatic rings. The molecule has 4 bridgehead atoms. The van der Waals surface area contributed by atoms with E-state index in [9.17, 15) is 4.79 Å². The molecule has 4 saturated carbocycles. The molecule has 0 aromatic carbocycles. The molecule has 4 rings (SSSR count). The van der Waals surface area contributed by atoms with Gasteiger partial charge in [-0.05, 0) is 75.7 Å². The van der Waals surface area contributed by atoms with Gasteiger partial charge in [-0.3, -0.25) is 0 Å². The fourth-order valence-corrected chi connectivity index (χ4v) is 6.49. The van der Waals surface area contributed by atoms with Crippen molar-refractivity contribution in [2.75, 3.05) is 0 Å². The average molecular weight is 320 g/mol. The minimum atomic E-state index is -0.511. The smallest absolute Gasteiger partial charge is 0.408 e. The summed E-state index contributed by atoms with van der Waals surface area (Å²) in [5, 5.41) is 7.39. The molecule has 1 amide bonds. The van der Waals surface area contributed by atoms with E-state index in [0.717, 1.165) is 38.5 Å². The molecule has 4 aliphatic carbocycles. The van der Waals surface area contributed by atoms with E-state index in [1.807, 2.05) is 20.8 Å². The molecule has 4 aliphatic rings. The van der Waals surface area contributed by atoms with Gasteiger partial charge in [0.1, 0.15) is 5.60 Å². The number of nitrogens with zero attached hydrogens (tertiary/aromatic N) is 3. The Morgan fingerprint density at radius 3 is 2.13 bits per heavy atom. The minimum Gasteiger partial charge on any atom is -0.444 e. The summed E-state index contributed by atoms with van der Waals surface area (Å²) in [5.41, 5.74) is 8.11. The SMILES string of the molecule is CC12CC3(C)CC(N=[N+]=[N-])(C1)CC(NC(=O)OC(C)(C)C)(C2)C3. The summed E-state index contributed by atoms with van der Waals surface area (Å²) in [6, 6.07) is 0. The van der Waals surface area contributed by atoms with Gasteiger partial charge in [0.25, 0.3) is 0 Å². The third kappa shape index (κ3) is 3.01. The molecule has 0 spiro atoms.